The van der Waals surface area contributed by atoms with Gasteiger partial charge in [-0.25, -0.2) is 17.8 Å². The summed E-state index contributed by atoms with van der Waals surface area (Å²) in [5.41, 5.74) is 3.12. The molecule has 32 heavy (non-hydrogen) atoms. The van der Waals surface area contributed by atoms with Gasteiger partial charge in [-0.15, -0.1) is 24.0 Å². The van der Waals surface area contributed by atoms with Crippen LogP contribution in [0.3, 0.4) is 0 Å². The number of hydrogen-bond donors (Lipinski definition) is 2. The molecule has 0 atom stereocenters. The van der Waals surface area contributed by atoms with E-state index in [1.54, 1.807) is 19.1 Å². The van der Waals surface area contributed by atoms with E-state index in [-0.39, 0.29) is 36.6 Å². The lowest BCUT2D eigenvalue weighted by Crippen LogP contribution is -2.38. The zero-order valence-electron chi connectivity index (χ0n) is 18.4. The molecule has 2 aromatic rings. The fourth-order valence-corrected chi connectivity index (χ4v) is 4.45. The minimum atomic E-state index is -3.24. The van der Waals surface area contributed by atoms with Crippen LogP contribution in [-0.4, -0.2) is 40.5 Å². The number of fused-ring (bicyclic) bond motifs is 1. The van der Waals surface area contributed by atoms with Gasteiger partial charge in [0.25, 0.3) is 0 Å². The zero-order chi connectivity index (χ0) is 22.4. The highest BCUT2D eigenvalue weighted by molar-refractivity contribution is 14.0. The van der Waals surface area contributed by atoms with Gasteiger partial charge in [0.15, 0.2) is 22.6 Å². The standard InChI is InChI=1S/C22H28FN3O4S.HI/c1-4-24-22(26-12-16-5-6-20(15(2)9-16)31(3,27)28)25-8-7-17-10-19(23)11-18-13-29-14-30-21(17)18;/h5-6,9-11H,4,7-8,12-14H2,1-3H3,(H2,24,25,26);1H. The normalized spacial score (nSPS) is 13.6. The number of sulfone groups is 1. The number of aryl methyl sites for hydroxylation is 1. The summed E-state index contributed by atoms with van der Waals surface area (Å²) in [6.45, 7) is 5.89. The minimum absolute atomic E-state index is 0. The Balaban J connectivity index is 0.00000363. The van der Waals surface area contributed by atoms with Crippen molar-refractivity contribution >= 4 is 39.8 Å². The molecular weight excluding hydrogens is 548 g/mol. The molecule has 0 saturated heterocycles. The van der Waals surface area contributed by atoms with Crippen molar-refractivity contribution < 1.29 is 22.3 Å². The van der Waals surface area contributed by atoms with Gasteiger partial charge in [0.2, 0.25) is 0 Å². The molecule has 0 spiro atoms. The van der Waals surface area contributed by atoms with Gasteiger partial charge in [-0.05, 0) is 55.2 Å². The highest BCUT2D eigenvalue weighted by atomic mass is 127. The second kappa shape index (κ2) is 11.8. The molecule has 0 unspecified atom stereocenters. The van der Waals surface area contributed by atoms with Crippen LogP contribution < -0.4 is 15.4 Å². The molecule has 0 aliphatic carbocycles. The fraction of sp³-hybridized carbons (Fsp3) is 0.409. The fourth-order valence-electron chi connectivity index (χ4n) is 3.50. The molecule has 1 aliphatic heterocycles. The molecule has 10 heteroatoms. The number of rotatable bonds is 7. The molecule has 0 aromatic heterocycles. The number of guanidine groups is 1. The van der Waals surface area contributed by atoms with Crippen LogP contribution in [0, 0.1) is 12.7 Å². The first-order valence-corrected chi connectivity index (χ1v) is 12.0. The molecule has 0 saturated carbocycles. The van der Waals surface area contributed by atoms with Gasteiger partial charge in [-0.2, -0.15) is 0 Å². The van der Waals surface area contributed by atoms with E-state index in [0.29, 0.717) is 54.8 Å². The first-order chi connectivity index (χ1) is 14.8. The molecule has 0 radical (unpaired) electrons. The Morgan fingerprint density at radius 2 is 2.00 bits per heavy atom. The summed E-state index contributed by atoms with van der Waals surface area (Å²) in [5, 5.41) is 6.43. The number of benzene rings is 2. The van der Waals surface area contributed by atoms with E-state index in [0.717, 1.165) is 16.7 Å². The third-order valence-electron chi connectivity index (χ3n) is 4.84. The lowest BCUT2D eigenvalue weighted by Gasteiger charge is -2.21. The molecule has 0 bridgehead atoms. The van der Waals surface area contributed by atoms with Gasteiger partial charge in [0.1, 0.15) is 11.6 Å². The van der Waals surface area contributed by atoms with E-state index >= 15 is 0 Å². The van der Waals surface area contributed by atoms with Gasteiger partial charge in [0, 0.05) is 24.9 Å². The number of nitrogens with zero attached hydrogens (tertiary/aromatic N) is 1. The first-order valence-electron chi connectivity index (χ1n) is 10.1. The number of aliphatic imine (C=N–C) groups is 1. The molecule has 0 amide bonds. The van der Waals surface area contributed by atoms with Crippen LogP contribution in [0.25, 0.3) is 0 Å². The van der Waals surface area contributed by atoms with Crippen molar-refractivity contribution in [3.8, 4) is 5.75 Å². The molecule has 7 nitrogen and oxygen atoms in total. The smallest absolute Gasteiger partial charge is 0.191 e. The van der Waals surface area contributed by atoms with E-state index in [2.05, 4.69) is 15.6 Å². The summed E-state index contributed by atoms with van der Waals surface area (Å²) < 4.78 is 48.2. The van der Waals surface area contributed by atoms with Crippen LogP contribution in [0.2, 0.25) is 0 Å². The van der Waals surface area contributed by atoms with Crippen molar-refractivity contribution in [3.63, 3.8) is 0 Å². The van der Waals surface area contributed by atoms with Crippen molar-refractivity contribution in [2.75, 3.05) is 26.1 Å². The van der Waals surface area contributed by atoms with Crippen molar-refractivity contribution in [2.24, 2.45) is 4.99 Å². The topological polar surface area (TPSA) is 89.0 Å². The summed E-state index contributed by atoms with van der Waals surface area (Å²) in [6, 6.07) is 8.15. The van der Waals surface area contributed by atoms with Crippen LogP contribution in [-0.2, 0) is 34.1 Å². The molecule has 2 aromatic carbocycles. The highest BCUT2D eigenvalue weighted by Crippen LogP contribution is 2.29. The molecule has 3 rings (SSSR count). The summed E-state index contributed by atoms with van der Waals surface area (Å²) in [5.74, 6) is 1.01. The average molecular weight is 577 g/mol. The van der Waals surface area contributed by atoms with Crippen LogP contribution in [0.5, 0.6) is 5.75 Å². The third-order valence-corrected chi connectivity index (χ3v) is 6.10. The van der Waals surface area contributed by atoms with Crippen molar-refractivity contribution in [2.45, 2.75) is 38.3 Å². The number of nitrogens with one attached hydrogen (secondary N) is 2. The maximum Gasteiger partial charge on any atom is 0.191 e. The van der Waals surface area contributed by atoms with E-state index in [1.165, 1.54) is 18.4 Å². The quantitative estimate of drug-likeness (QED) is 0.298. The number of hydrogen-bond acceptors (Lipinski definition) is 5. The van der Waals surface area contributed by atoms with E-state index in [4.69, 9.17) is 9.47 Å². The minimum Gasteiger partial charge on any atom is -0.467 e. The Morgan fingerprint density at radius 1 is 1.22 bits per heavy atom. The van der Waals surface area contributed by atoms with Crippen molar-refractivity contribution in [3.05, 3.63) is 58.4 Å². The monoisotopic (exact) mass is 577 g/mol. The van der Waals surface area contributed by atoms with Gasteiger partial charge in [0.05, 0.1) is 18.0 Å². The summed E-state index contributed by atoms with van der Waals surface area (Å²) >= 11 is 0. The summed E-state index contributed by atoms with van der Waals surface area (Å²) in [7, 11) is -3.24. The lowest BCUT2D eigenvalue weighted by molar-refractivity contribution is -0.0172. The van der Waals surface area contributed by atoms with E-state index in [9.17, 15) is 12.8 Å². The van der Waals surface area contributed by atoms with Gasteiger partial charge < -0.3 is 20.1 Å². The maximum atomic E-state index is 13.9. The second-order valence-corrected chi connectivity index (χ2v) is 9.39. The van der Waals surface area contributed by atoms with Crippen LogP contribution in [0.15, 0.2) is 40.2 Å². The third kappa shape index (κ3) is 7.04. The predicted octanol–water partition coefficient (Wildman–Crippen LogP) is 3.32. The highest BCUT2D eigenvalue weighted by Gasteiger charge is 2.17. The summed E-state index contributed by atoms with van der Waals surface area (Å²) in [6.07, 6.45) is 1.76. The summed E-state index contributed by atoms with van der Waals surface area (Å²) in [4.78, 5) is 4.90. The van der Waals surface area contributed by atoms with E-state index in [1.807, 2.05) is 13.0 Å². The molecular formula is C22H29FIN3O4S. The Kier molecular flexibility index (Phi) is 9.71. The zero-order valence-corrected chi connectivity index (χ0v) is 21.6. The second-order valence-electron chi connectivity index (χ2n) is 7.41. The maximum absolute atomic E-state index is 13.9. The largest absolute Gasteiger partial charge is 0.467 e. The first kappa shape index (κ1) is 26.3. The van der Waals surface area contributed by atoms with Crippen LogP contribution >= 0.6 is 24.0 Å². The molecule has 1 aliphatic rings. The molecule has 2 N–H and O–H groups in total. The predicted molar refractivity (Wildman–Crippen MR) is 133 cm³/mol. The van der Waals surface area contributed by atoms with Crippen molar-refractivity contribution in [1.29, 1.82) is 0 Å². The van der Waals surface area contributed by atoms with Crippen LogP contribution in [0.4, 0.5) is 4.39 Å². The Morgan fingerprint density at radius 3 is 2.69 bits per heavy atom. The Bertz CT molecular complexity index is 1080. The molecule has 0 fully saturated rings. The van der Waals surface area contributed by atoms with Gasteiger partial charge in [-0.1, -0.05) is 12.1 Å². The van der Waals surface area contributed by atoms with Gasteiger partial charge >= 0.3 is 0 Å². The Labute approximate surface area is 205 Å². The molecule has 176 valence electrons. The van der Waals surface area contributed by atoms with Crippen molar-refractivity contribution in [1.82, 2.24) is 10.6 Å². The average Bonchev–Trinajstić information content (AvgIpc) is 2.71. The van der Waals surface area contributed by atoms with Crippen LogP contribution in [0.1, 0.15) is 29.2 Å². The number of halogens is 2. The SMILES string of the molecule is CCNC(=NCc1ccc(S(C)(=O)=O)c(C)c1)NCCc1cc(F)cc2c1OCOC2.I. The number of ether oxygens (including phenoxy) is 2. The van der Waals surface area contributed by atoms with E-state index < -0.39 is 9.84 Å². The van der Waals surface area contributed by atoms with Gasteiger partial charge in [-0.3, -0.25) is 0 Å². The Hall–Kier alpha value is -1.92. The molecule has 1 heterocycles. The lowest BCUT2D eigenvalue weighted by atomic mass is 10.1.